The summed E-state index contributed by atoms with van der Waals surface area (Å²) in [7, 11) is 0. The standard InChI is InChI=1S/C8H3Cl4N3S/c9-3-1-5(11)6(2-4(3)10)13-8-7(12)14-16-15-8/h1-2H,(H,13,15). The Hall–Kier alpha value is -0.260. The van der Waals surface area contributed by atoms with Crippen molar-refractivity contribution in [3.8, 4) is 0 Å². The lowest BCUT2D eigenvalue weighted by Gasteiger charge is -2.07. The van der Waals surface area contributed by atoms with Crippen molar-refractivity contribution in [3.05, 3.63) is 32.4 Å². The minimum atomic E-state index is 0.284. The summed E-state index contributed by atoms with van der Waals surface area (Å²) < 4.78 is 7.77. The molecule has 0 aliphatic heterocycles. The summed E-state index contributed by atoms with van der Waals surface area (Å²) in [5.41, 5.74) is 0.575. The molecule has 0 atom stereocenters. The summed E-state index contributed by atoms with van der Waals surface area (Å²) in [5, 5.41) is 4.42. The average molecular weight is 315 g/mol. The molecule has 1 N–H and O–H groups in total. The van der Waals surface area contributed by atoms with Crippen molar-refractivity contribution < 1.29 is 0 Å². The Morgan fingerprint density at radius 2 is 1.62 bits per heavy atom. The van der Waals surface area contributed by atoms with Crippen LogP contribution in [-0.4, -0.2) is 8.75 Å². The lowest BCUT2D eigenvalue weighted by Crippen LogP contribution is -1.92. The highest BCUT2D eigenvalue weighted by Gasteiger charge is 2.10. The van der Waals surface area contributed by atoms with Crippen molar-refractivity contribution in [2.45, 2.75) is 0 Å². The van der Waals surface area contributed by atoms with E-state index in [0.717, 1.165) is 11.7 Å². The van der Waals surface area contributed by atoms with E-state index < -0.39 is 0 Å². The van der Waals surface area contributed by atoms with Crippen LogP contribution in [0, 0.1) is 0 Å². The zero-order valence-electron chi connectivity index (χ0n) is 7.47. The zero-order valence-corrected chi connectivity index (χ0v) is 11.3. The molecule has 16 heavy (non-hydrogen) atoms. The average Bonchev–Trinajstić information content (AvgIpc) is 2.61. The van der Waals surface area contributed by atoms with Crippen molar-refractivity contribution in [2.75, 3.05) is 5.32 Å². The van der Waals surface area contributed by atoms with E-state index in [1.54, 1.807) is 12.1 Å². The van der Waals surface area contributed by atoms with E-state index >= 15 is 0 Å². The molecule has 2 aromatic rings. The van der Waals surface area contributed by atoms with Crippen LogP contribution in [0.2, 0.25) is 20.2 Å². The maximum Gasteiger partial charge on any atom is 0.187 e. The minimum Gasteiger partial charge on any atom is -0.335 e. The van der Waals surface area contributed by atoms with Crippen LogP contribution in [0.3, 0.4) is 0 Å². The number of aromatic nitrogens is 2. The second-order valence-corrected chi connectivity index (χ2v) is 4.88. The van der Waals surface area contributed by atoms with Gasteiger partial charge in [0.2, 0.25) is 0 Å². The number of anilines is 2. The van der Waals surface area contributed by atoms with Gasteiger partial charge in [0, 0.05) is 0 Å². The van der Waals surface area contributed by atoms with Crippen molar-refractivity contribution in [2.24, 2.45) is 0 Å². The van der Waals surface area contributed by atoms with E-state index in [-0.39, 0.29) is 5.15 Å². The van der Waals surface area contributed by atoms with Crippen LogP contribution in [0.5, 0.6) is 0 Å². The highest BCUT2D eigenvalue weighted by molar-refractivity contribution is 6.99. The Bertz CT molecular complexity index is 528. The fourth-order valence-corrected chi connectivity index (χ4v) is 2.24. The molecular formula is C8H3Cl4N3S. The SMILES string of the molecule is Clc1cc(Cl)c(Nc2nsnc2Cl)cc1Cl. The largest absolute Gasteiger partial charge is 0.335 e. The van der Waals surface area contributed by atoms with E-state index in [0.29, 0.717) is 26.6 Å². The molecule has 1 aromatic carbocycles. The van der Waals surface area contributed by atoms with E-state index in [4.69, 9.17) is 46.4 Å². The predicted molar refractivity (Wildman–Crippen MR) is 69.7 cm³/mol. The molecule has 3 nitrogen and oxygen atoms in total. The number of halogens is 4. The van der Waals surface area contributed by atoms with Gasteiger partial charge in [0.25, 0.3) is 0 Å². The van der Waals surface area contributed by atoms with Crippen molar-refractivity contribution >= 4 is 69.6 Å². The Balaban J connectivity index is 2.35. The second-order valence-electron chi connectivity index (χ2n) is 2.77. The second kappa shape index (κ2) is 4.94. The molecular weight excluding hydrogens is 312 g/mol. The van der Waals surface area contributed by atoms with Gasteiger partial charge in [0.05, 0.1) is 32.5 Å². The molecule has 84 valence electrons. The molecule has 0 aliphatic rings. The first-order valence-electron chi connectivity index (χ1n) is 3.97. The molecule has 2 rings (SSSR count). The number of hydrogen-bond donors (Lipinski definition) is 1. The summed E-state index contributed by atoms with van der Waals surface area (Å²) in [4.78, 5) is 0. The summed E-state index contributed by atoms with van der Waals surface area (Å²) in [6.45, 7) is 0. The van der Waals surface area contributed by atoms with Crippen LogP contribution in [0.4, 0.5) is 11.5 Å². The Morgan fingerprint density at radius 1 is 0.938 bits per heavy atom. The fourth-order valence-electron chi connectivity index (χ4n) is 0.998. The van der Waals surface area contributed by atoms with Crippen LogP contribution in [0.1, 0.15) is 0 Å². The molecule has 0 saturated heterocycles. The van der Waals surface area contributed by atoms with Crippen molar-refractivity contribution in [1.82, 2.24) is 8.75 Å². The Labute approximate surface area is 116 Å². The first-order valence-corrected chi connectivity index (χ1v) is 6.22. The summed E-state index contributed by atoms with van der Waals surface area (Å²) in [6.07, 6.45) is 0. The summed E-state index contributed by atoms with van der Waals surface area (Å²) >= 11 is 24.4. The quantitative estimate of drug-likeness (QED) is 0.801. The number of nitrogens with one attached hydrogen (secondary N) is 1. The molecule has 0 unspecified atom stereocenters. The van der Waals surface area contributed by atoms with E-state index in [9.17, 15) is 0 Å². The first kappa shape index (κ1) is 12.2. The van der Waals surface area contributed by atoms with Gasteiger partial charge in [-0.2, -0.15) is 8.75 Å². The lowest BCUT2D eigenvalue weighted by atomic mass is 10.3. The topological polar surface area (TPSA) is 37.8 Å². The van der Waals surface area contributed by atoms with Crippen molar-refractivity contribution in [3.63, 3.8) is 0 Å². The molecule has 0 spiro atoms. The fraction of sp³-hybridized carbons (Fsp3) is 0. The number of hydrogen-bond acceptors (Lipinski definition) is 4. The molecule has 0 radical (unpaired) electrons. The van der Waals surface area contributed by atoms with Crippen LogP contribution >= 0.6 is 58.1 Å². The van der Waals surface area contributed by atoms with Crippen LogP contribution in [0.15, 0.2) is 12.1 Å². The van der Waals surface area contributed by atoms with Gasteiger partial charge in [-0.05, 0) is 12.1 Å². The highest BCUT2D eigenvalue weighted by atomic mass is 35.5. The lowest BCUT2D eigenvalue weighted by molar-refractivity contribution is 1.45. The number of nitrogens with zero attached hydrogens (tertiary/aromatic N) is 2. The maximum absolute atomic E-state index is 5.98. The maximum atomic E-state index is 5.98. The molecule has 0 aliphatic carbocycles. The zero-order chi connectivity index (χ0) is 11.7. The van der Waals surface area contributed by atoms with Gasteiger partial charge >= 0.3 is 0 Å². The number of rotatable bonds is 2. The number of benzene rings is 1. The van der Waals surface area contributed by atoms with Gasteiger partial charge in [0.1, 0.15) is 0 Å². The first-order chi connectivity index (χ1) is 7.58. The van der Waals surface area contributed by atoms with E-state index in [1.165, 1.54) is 0 Å². The van der Waals surface area contributed by atoms with Crippen LogP contribution < -0.4 is 5.32 Å². The molecule has 0 fully saturated rings. The van der Waals surface area contributed by atoms with Gasteiger partial charge in [-0.1, -0.05) is 46.4 Å². The highest BCUT2D eigenvalue weighted by Crippen LogP contribution is 2.34. The van der Waals surface area contributed by atoms with Gasteiger partial charge in [-0.3, -0.25) is 0 Å². The molecule has 0 amide bonds. The van der Waals surface area contributed by atoms with Gasteiger partial charge < -0.3 is 5.32 Å². The molecule has 1 aromatic heterocycles. The van der Waals surface area contributed by atoms with E-state index in [1.807, 2.05) is 0 Å². The Kier molecular flexibility index (Phi) is 3.77. The predicted octanol–water partition coefficient (Wildman–Crippen LogP) is 4.90. The van der Waals surface area contributed by atoms with Crippen LogP contribution in [0.25, 0.3) is 0 Å². The molecule has 0 bridgehead atoms. The Morgan fingerprint density at radius 3 is 2.25 bits per heavy atom. The normalized spacial score (nSPS) is 10.5. The van der Waals surface area contributed by atoms with Gasteiger partial charge in [-0.15, -0.1) is 0 Å². The molecule has 0 saturated carbocycles. The third kappa shape index (κ3) is 2.52. The van der Waals surface area contributed by atoms with Gasteiger partial charge in [0.15, 0.2) is 11.0 Å². The molecule has 1 heterocycles. The summed E-state index contributed by atoms with van der Waals surface area (Å²) in [5.74, 6) is 0.437. The monoisotopic (exact) mass is 313 g/mol. The third-order valence-corrected chi connectivity index (χ3v) is 3.64. The smallest absolute Gasteiger partial charge is 0.187 e. The van der Waals surface area contributed by atoms with Crippen molar-refractivity contribution in [1.29, 1.82) is 0 Å². The summed E-state index contributed by atoms with van der Waals surface area (Å²) in [6, 6.07) is 3.14. The minimum absolute atomic E-state index is 0.284. The third-order valence-electron chi connectivity index (χ3n) is 1.71. The molecule has 8 heteroatoms. The van der Waals surface area contributed by atoms with Crippen LogP contribution in [-0.2, 0) is 0 Å². The van der Waals surface area contributed by atoms with E-state index in [2.05, 4.69) is 14.1 Å². The van der Waals surface area contributed by atoms with Gasteiger partial charge in [-0.25, -0.2) is 0 Å².